The van der Waals surface area contributed by atoms with Crippen molar-refractivity contribution in [3.05, 3.63) is 24.3 Å². The number of para-hydroxylation sites is 1. The number of anilines is 1. The monoisotopic (exact) mass is 316 g/mol. The molecule has 3 nitrogen and oxygen atoms in total. The topological polar surface area (TPSA) is 41.1 Å². The van der Waals surface area contributed by atoms with Crippen molar-refractivity contribution in [3.8, 4) is 0 Å². The van der Waals surface area contributed by atoms with Crippen LogP contribution >= 0.6 is 11.8 Å². The molecule has 1 rings (SSSR count). The average Bonchev–Trinajstić information content (AvgIpc) is 2.40. The number of hydrogen-bond donors (Lipinski definition) is 2. The molecule has 0 saturated heterocycles. The van der Waals surface area contributed by atoms with Crippen molar-refractivity contribution in [2.24, 2.45) is 0 Å². The number of carbonyl (C=O) groups is 1. The Balaban J connectivity index is 2.74. The molecule has 0 heterocycles. The molecule has 0 radical (unpaired) electrons. The second-order valence-electron chi connectivity index (χ2n) is 5.47. The van der Waals surface area contributed by atoms with Crippen LogP contribution in [0.4, 0.5) is 14.5 Å². The first kappa shape index (κ1) is 17.8. The number of amides is 1. The fourth-order valence-corrected chi connectivity index (χ4v) is 2.22. The van der Waals surface area contributed by atoms with E-state index < -0.39 is 11.8 Å². The minimum absolute atomic E-state index is 0.154. The molecule has 118 valence electrons. The summed E-state index contributed by atoms with van der Waals surface area (Å²) in [7, 11) is 0. The lowest BCUT2D eigenvalue weighted by atomic mass is 10.0. The molecular weight excluding hydrogens is 294 g/mol. The van der Waals surface area contributed by atoms with Crippen molar-refractivity contribution in [3.63, 3.8) is 0 Å². The molecule has 0 aromatic heterocycles. The quantitative estimate of drug-likeness (QED) is 0.744. The fraction of sp³-hybridized carbons (Fsp3) is 0.533. The first-order valence-corrected chi connectivity index (χ1v) is 7.75. The number of carbonyl (C=O) groups excluding carboxylic acids is 1. The van der Waals surface area contributed by atoms with Crippen LogP contribution in [0.3, 0.4) is 0 Å². The van der Waals surface area contributed by atoms with E-state index in [0.29, 0.717) is 22.3 Å². The van der Waals surface area contributed by atoms with Gasteiger partial charge in [-0.05, 0) is 39.3 Å². The highest BCUT2D eigenvalue weighted by molar-refractivity contribution is 7.99. The Morgan fingerprint density at radius 2 is 1.95 bits per heavy atom. The molecule has 1 atom stereocenters. The number of nitrogens with one attached hydrogen (secondary N) is 2. The van der Waals surface area contributed by atoms with Gasteiger partial charge in [0.1, 0.15) is 6.04 Å². The number of benzene rings is 1. The van der Waals surface area contributed by atoms with Gasteiger partial charge < -0.3 is 10.6 Å². The van der Waals surface area contributed by atoms with Gasteiger partial charge in [0.2, 0.25) is 5.91 Å². The lowest BCUT2D eigenvalue weighted by Crippen LogP contribution is -2.48. The van der Waals surface area contributed by atoms with Gasteiger partial charge in [0, 0.05) is 16.1 Å². The molecule has 2 N–H and O–H groups in total. The smallest absolute Gasteiger partial charge is 0.288 e. The average molecular weight is 316 g/mol. The van der Waals surface area contributed by atoms with Gasteiger partial charge in [0.25, 0.3) is 5.76 Å². The molecule has 0 fully saturated rings. The zero-order chi connectivity index (χ0) is 16.0. The first-order chi connectivity index (χ1) is 9.75. The van der Waals surface area contributed by atoms with Crippen LogP contribution in [-0.2, 0) is 4.79 Å². The van der Waals surface area contributed by atoms with E-state index in [1.54, 1.807) is 31.2 Å². The highest BCUT2D eigenvalue weighted by Gasteiger charge is 2.22. The SMILES string of the molecule is CCC(C)(C)NC(=O)C(C)Nc1ccccc1SC(F)F. The lowest BCUT2D eigenvalue weighted by molar-refractivity contribution is -0.123. The highest BCUT2D eigenvalue weighted by Crippen LogP contribution is 2.31. The highest BCUT2D eigenvalue weighted by atomic mass is 32.2. The van der Waals surface area contributed by atoms with Crippen LogP contribution in [0, 0.1) is 0 Å². The summed E-state index contributed by atoms with van der Waals surface area (Å²) in [5, 5.41) is 5.93. The zero-order valence-electron chi connectivity index (χ0n) is 12.7. The Morgan fingerprint density at radius 3 is 2.52 bits per heavy atom. The largest absolute Gasteiger partial charge is 0.373 e. The molecule has 1 aromatic rings. The molecule has 0 spiro atoms. The summed E-state index contributed by atoms with van der Waals surface area (Å²) < 4.78 is 25.0. The van der Waals surface area contributed by atoms with E-state index in [1.165, 1.54) is 0 Å². The lowest BCUT2D eigenvalue weighted by Gasteiger charge is -2.27. The fourth-order valence-electron chi connectivity index (χ4n) is 1.61. The van der Waals surface area contributed by atoms with Crippen LogP contribution in [0.15, 0.2) is 29.2 Å². The number of alkyl halides is 2. The third-order valence-electron chi connectivity index (χ3n) is 3.21. The van der Waals surface area contributed by atoms with Crippen LogP contribution in [0.2, 0.25) is 0 Å². The van der Waals surface area contributed by atoms with E-state index in [4.69, 9.17) is 0 Å². The third kappa shape index (κ3) is 5.91. The Kier molecular flexibility index (Phi) is 6.45. The summed E-state index contributed by atoms with van der Waals surface area (Å²) in [5.74, 6) is -2.64. The van der Waals surface area contributed by atoms with E-state index in [-0.39, 0.29) is 11.4 Å². The van der Waals surface area contributed by atoms with Crippen molar-refractivity contribution in [2.45, 2.75) is 56.3 Å². The number of thioether (sulfide) groups is 1. The number of hydrogen-bond acceptors (Lipinski definition) is 3. The van der Waals surface area contributed by atoms with Crippen molar-refractivity contribution >= 4 is 23.4 Å². The van der Waals surface area contributed by atoms with Crippen LogP contribution in [-0.4, -0.2) is 23.2 Å². The van der Waals surface area contributed by atoms with Gasteiger partial charge in [-0.25, -0.2) is 0 Å². The summed E-state index contributed by atoms with van der Waals surface area (Å²) in [6.45, 7) is 7.59. The standard InChI is InChI=1S/C15H22F2N2OS/c1-5-15(3,4)19-13(20)10(2)18-11-8-6-7-9-12(11)21-14(16)17/h6-10,14,18H,5H2,1-4H3,(H,19,20). The predicted molar refractivity (Wildman–Crippen MR) is 83.9 cm³/mol. The summed E-state index contributed by atoms with van der Waals surface area (Å²) >= 11 is 0.469. The molecule has 0 saturated carbocycles. The number of rotatable bonds is 7. The summed E-state index contributed by atoms with van der Waals surface area (Å²) in [6.07, 6.45) is 0.809. The minimum atomic E-state index is -2.49. The van der Waals surface area contributed by atoms with Gasteiger partial charge in [-0.2, -0.15) is 8.78 Å². The maximum absolute atomic E-state index is 12.5. The van der Waals surface area contributed by atoms with E-state index in [9.17, 15) is 13.6 Å². The molecule has 1 unspecified atom stereocenters. The summed E-state index contributed by atoms with van der Waals surface area (Å²) in [6, 6.07) is 6.24. The van der Waals surface area contributed by atoms with Crippen LogP contribution in [0.1, 0.15) is 34.1 Å². The second-order valence-corrected chi connectivity index (χ2v) is 6.50. The minimum Gasteiger partial charge on any atom is -0.373 e. The molecule has 1 amide bonds. The van der Waals surface area contributed by atoms with Crippen molar-refractivity contribution in [1.29, 1.82) is 0 Å². The van der Waals surface area contributed by atoms with Gasteiger partial charge >= 0.3 is 0 Å². The Morgan fingerprint density at radius 1 is 1.33 bits per heavy atom. The Labute approximate surface area is 128 Å². The molecular formula is C15H22F2N2OS. The molecule has 21 heavy (non-hydrogen) atoms. The van der Waals surface area contributed by atoms with E-state index >= 15 is 0 Å². The predicted octanol–water partition coefficient (Wildman–Crippen LogP) is 4.11. The van der Waals surface area contributed by atoms with Crippen molar-refractivity contribution in [1.82, 2.24) is 5.32 Å². The van der Waals surface area contributed by atoms with Crippen LogP contribution in [0.5, 0.6) is 0 Å². The molecule has 0 aliphatic rings. The van der Waals surface area contributed by atoms with Crippen LogP contribution in [0.25, 0.3) is 0 Å². The molecule has 0 aliphatic carbocycles. The first-order valence-electron chi connectivity index (χ1n) is 6.87. The Bertz CT molecular complexity index is 480. The van der Waals surface area contributed by atoms with Crippen molar-refractivity contribution in [2.75, 3.05) is 5.32 Å². The van der Waals surface area contributed by atoms with E-state index in [0.717, 1.165) is 6.42 Å². The molecule has 0 bridgehead atoms. The molecule has 6 heteroatoms. The maximum Gasteiger partial charge on any atom is 0.288 e. The molecule has 1 aromatic carbocycles. The van der Waals surface area contributed by atoms with E-state index in [1.807, 2.05) is 20.8 Å². The van der Waals surface area contributed by atoms with E-state index in [2.05, 4.69) is 10.6 Å². The van der Waals surface area contributed by atoms with Gasteiger partial charge in [0.15, 0.2) is 0 Å². The zero-order valence-corrected chi connectivity index (χ0v) is 13.6. The third-order valence-corrected chi connectivity index (χ3v) is 4.00. The van der Waals surface area contributed by atoms with Gasteiger partial charge in [-0.1, -0.05) is 30.8 Å². The Hall–Kier alpha value is -1.30. The van der Waals surface area contributed by atoms with Gasteiger partial charge in [0.05, 0.1) is 0 Å². The van der Waals surface area contributed by atoms with Crippen molar-refractivity contribution < 1.29 is 13.6 Å². The summed E-state index contributed by atoms with van der Waals surface area (Å²) in [4.78, 5) is 12.6. The van der Waals surface area contributed by atoms with Crippen LogP contribution < -0.4 is 10.6 Å². The summed E-state index contributed by atoms with van der Waals surface area (Å²) in [5.41, 5.74) is 0.254. The van der Waals surface area contributed by atoms with Gasteiger partial charge in [-0.3, -0.25) is 4.79 Å². The second kappa shape index (κ2) is 7.64. The van der Waals surface area contributed by atoms with Gasteiger partial charge in [-0.15, -0.1) is 0 Å². The maximum atomic E-state index is 12.5. The number of halogens is 2. The molecule has 0 aliphatic heterocycles. The normalized spacial score (nSPS) is 13.1.